The quantitative estimate of drug-likeness (QED) is 0.820. The van der Waals surface area contributed by atoms with Gasteiger partial charge in [-0.3, -0.25) is 4.79 Å². The molecule has 0 radical (unpaired) electrons. The van der Waals surface area contributed by atoms with Crippen molar-refractivity contribution in [3.8, 4) is 0 Å². The molecule has 6 heteroatoms. The number of benzene rings is 1. The Morgan fingerprint density at radius 1 is 1.19 bits per heavy atom. The lowest BCUT2D eigenvalue weighted by atomic mass is 10.0. The summed E-state index contributed by atoms with van der Waals surface area (Å²) in [4.78, 5) is 25.7. The molecule has 3 aliphatic rings. The zero-order chi connectivity index (χ0) is 18.1. The summed E-state index contributed by atoms with van der Waals surface area (Å²) in [5, 5.41) is 12.6. The molecule has 1 aromatic carbocycles. The van der Waals surface area contributed by atoms with E-state index in [1.807, 2.05) is 24.3 Å². The Balaban J connectivity index is 1.39. The van der Waals surface area contributed by atoms with E-state index < -0.39 is 6.09 Å². The smallest absolute Gasteiger partial charge is 0.407 e. The molecule has 1 heterocycles. The van der Waals surface area contributed by atoms with Crippen LogP contribution in [0.5, 0.6) is 0 Å². The average molecular weight is 358 g/mol. The summed E-state index contributed by atoms with van der Waals surface area (Å²) in [6, 6.07) is 7.89. The van der Waals surface area contributed by atoms with E-state index >= 15 is 0 Å². The predicted octanol–water partition coefficient (Wildman–Crippen LogP) is 2.84. The fourth-order valence-corrected chi connectivity index (χ4v) is 3.84. The topological polar surface area (TPSA) is 78.9 Å². The molecular weight excluding hydrogens is 332 g/mol. The number of ether oxygens (including phenoxy) is 1. The molecule has 2 N–H and O–H groups in total. The molecule has 2 atom stereocenters. The zero-order valence-corrected chi connectivity index (χ0v) is 14.9. The van der Waals surface area contributed by atoms with Crippen LogP contribution < -0.4 is 5.32 Å². The van der Waals surface area contributed by atoms with E-state index in [1.54, 1.807) is 4.90 Å². The van der Waals surface area contributed by atoms with Crippen molar-refractivity contribution in [2.75, 3.05) is 19.8 Å². The van der Waals surface area contributed by atoms with Crippen molar-refractivity contribution >= 4 is 12.0 Å². The number of carbonyl (C=O) groups excluding carboxylic acids is 1. The van der Waals surface area contributed by atoms with Gasteiger partial charge in [-0.2, -0.15) is 0 Å². The molecule has 1 aromatic rings. The Morgan fingerprint density at radius 3 is 2.65 bits per heavy atom. The molecule has 2 amide bonds. The van der Waals surface area contributed by atoms with Crippen molar-refractivity contribution < 1.29 is 19.4 Å². The van der Waals surface area contributed by atoms with Gasteiger partial charge >= 0.3 is 6.09 Å². The minimum absolute atomic E-state index is 0.0518. The van der Waals surface area contributed by atoms with Crippen molar-refractivity contribution in [2.45, 2.75) is 50.1 Å². The van der Waals surface area contributed by atoms with Crippen LogP contribution in [0.3, 0.4) is 0 Å². The van der Waals surface area contributed by atoms with Gasteiger partial charge in [-0.15, -0.1) is 0 Å². The first-order chi connectivity index (χ1) is 12.6. The van der Waals surface area contributed by atoms with Crippen LogP contribution in [-0.2, 0) is 4.74 Å². The summed E-state index contributed by atoms with van der Waals surface area (Å²) in [5.74, 6) is 0.702. The van der Waals surface area contributed by atoms with E-state index in [2.05, 4.69) is 5.32 Å². The summed E-state index contributed by atoms with van der Waals surface area (Å²) in [6.45, 7) is 2.04. The number of amides is 2. The number of nitrogens with zero attached hydrogens (tertiary/aromatic N) is 1. The molecule has 2 aliphatic carbocycles. The molecule has 3 fully saturated rings. The minimum atomic E-state index is -0.821. The standard InChI is InChI=1S/C20H26N2O4/c23-19(21-16-6-8-26-9-7-16)15-3-1-2-14(10-15)17-11-18(17)22(20(24)25)12-13-4-5-13/h1-3,10,13,16-18H,4-9,11-12H2,(H,21,23)(H,24,25). The normalized spacial score (nSPS) is 25.5. The second-order valence-electron chi connectivity index (χ2n) is 7.77. The molecule has 0 bridgehead atoms. The second kappa shape index (κ2) is 7.27. The highest BCUT2D eigenvalue weighted by molar-refractivity contribution is 5.94. The fourth-order valence-electron chi connectivity index (χ4n) is 3.84. The molecule has 1 aliphatic heterocycles. The van der Waals surface area contributed by atoms with Crippen LogP contribution in [0.4, 0.5) is 4.79 Å². The van der Waals surface area contributed by atoms with Gasteiger partial charge in [-0.25, -0.2) is 4.79 Å². The highest BCUT2D eigenvalue weighted by atomic mass is 16.5. The van der Waals surface area contributed by atoms with E-state index in [1.165, 1.54) is 0 Å². The molecule has 0 aromatic heterocycles. The predicted molar refractivity (Wildman–Crippen MR) is 96.4 cm³/mol. The maximum Gasteiger partial charge on any atom is 0.407 e. The van der Waals surface area contributed by atoms with Crippen molar-refractivity contribution in [2.24, 2.45) is 5.92 Å². The van der Waals surface area contributed by atoms with E-state index in [-0.39, 0.29) is 23.9 Å². The zero-order valence-electron chi connectivity index (χ0n) is 14.9. The fraction of sp³-hybridized carbons (Fsp3) is 0.600. The van der Waals surface area contributed by atoms with Gasteiger partial charge in [0.15, 0.2) is 0 Å². The SMILES string of the molecule is O=C(NC1CCOCC1)c1cccc(C2CC2N(CC2CC2)C(=O)O)c1. The third kappa shape index (κ3) is 4.01. The van der Waals surface area contributed by atoms with Crippen LogP contribution >= 0.6 is 0 Å². The number of hydrogen-bond donors (Lipinski definition) is 2. The van der Waals surface area contributed by atoms with Crippen molar-refractivity contribution in [3.05, 3.63) is 35.4 Å². The van der Waals surface area contributed by atoms with Gasteiger partial charge < -0.3 is 20.1 Å². The third-order valence-corrected chi connectivity index (χ3v) is 5.69. The summed E-state index contributed by atoms with van der Waals surface area (Å²) in [7, 11) is 0. The van der Waals surface area contributed by atoms with Crippen LogP contribution in [0.25, 0.3) is 0 Å². The van der Waals surface area contributed by atoms with E-state index in [0.717, 1.165) is 37.7 Å². The van der Waals surface area contributed by atoms with Crippen molar-refractivity contribution in [3.63, 3.8) is 0 Å². The molecule has 1 saturated heterocycles. The summed E-state index contributed by atoms with van der Waals surface area (Å²) < 4.78 is 5.33. The minimum Gasteiger partial charge on any atom is -0.465 e. The van der Waals surface area contributed by atoms with Gasteiger partial charge in [0.2, 0.25) is 0 Å². The number of nitrogens with one attached hydrogen (secondary N) is 1. The summed E-state index contributed by atoms with van der Waals surface area (Å²) in [5.41, 5.74) is 1.72. The lowest BCUT2D eigenvalue weighted by Gasteiger charge is -2.23. The Labute approximate surface area is 153 Å². The van der Waals surface area contributed by atoms with Crippen LogP contribution in [0.15, 0.2) is 24.3 Å². The Hall–Kier alpha value is -2.08. The van der Waals surface area contributed by atoms with Crippen LogP contribution in [0.1, 0.15) is 53.9 Å². The first-order valence-corrected chi connectivity index (χ1v) is 9.60. The largest absolute Gasteiger partial charge is 0.465 e. The maximum atomic E-state index is 12.5. The second-order valence-corrected chi connectivity index (χ2v) is 7.77. The number of carbonyl (C=O) groups is 2. The Morgan fingerprint density at radius 2 is 1.96 bits per heavy atom. The molecule has 140 valence electrons. The number of hydrogen-bond acceptors (Lipinski definition) is 3. The highest BCUT2D eigenvalue weighted by Crippen LogP contribution is 2.46. The van der Waals surface area contributed by atoms with Crippen LogP contribution in [0, 0.1) is 5.92 Å². The van der Waals surface area contributed by atoms with Crippen LogP contribution in [-0.4, -0.2) is 53.8 Å². The Bertz CT molecular complexity index is 682. The highest BCUT2D eigenvalue weighted by Gasteiger charge is 2.46. The number of carboxylic acid groups (broad SMARTS) is 1. The van der Waals surface area contributed by atoms with E-state index in [9.17, 15) is 14.7 Å². The maximum absolute atomic E-state index is 12.5. The molecule has 0 spiro atoms. The first-order valence-electron chi connectivity index (χ1n) is 9.60. The average Bonchev–Trinajstić information content (AvgIpc) is 3.54. The van der Waals surface area contributed by atoms with Gasteiger partial charge in [0.1, 0.15) is 0 Å². The molecule has 2 saturated carbocycles. The lowest BCUT2D eigenvalue weighted by molar-refractivity contribution is 0.0696. The molecule has 6 nitrogen and oxygen atoms in total. The van der Waals surface area contributed by atoms with Gasteiger partial charge in [0.05, 0.1) is 0 Å². The summed E-state index contributed by atoms with van der Waals surface area (Å²) >= 11 is 0. The Kier molecular flexibility index (Phi) is 4.85. The summed E-state index contributed by atoms with van der Waals surface area (Å²) in [6.07, 6.45) is 4.02. The van der Waals surface area contributed by atoms with Crippen LogP contribution in [0.2, 0.25) is 0 Å². The molecule has 2 unspecified atom stereocenters. The van der Waals surface area contributed by atoms with Crippen molar-refractivity contribution in [1.29, 1.82) is 0 Å². The molecule has 26 heavy (non-hydrogen) atoms. The van der Waals surface area contributed by atoms with Gasteiger partial charge in [0, 0.05) is 43.3 Å². The van der Waals surface area contributed by atoms with Crippen molar-refractivity contribution in [1.82, 2.24) is 10.2 Å². The van der Waals surface area contributed by atoms with E-state index in [4.69, 9.17) is 4.74 Å². The monoisotopic (exact) mass is 358 g/mol. The molecular formula is C20H26N2O4. The van der Waals surface area contributed by atoms with Gasteiger partial charge in [0.25, 0.3) is 5.91 Å². The third-order valence-electron chi connectivity index (χ3n) is 5.69. The van der Waals surface area contributed by atoms with E-state index in [0.29, 0.717) is 31.2 Å². The molecule has 4 rings (SSSR count). The number of rotatable bonds is 6. The lowest BCUT2D eigenvalue weighted by Crippen LogP contribution is -2.38. The van der Waals surface area contributed by atoms with Gasteiger partial charge in [-0.05, 0) is 55.7 Å². The van der Waals surface area contributed by atoms with Gasteiger partial charge in [-0.1, -0.05) is 12.1 Å². The first kappa shape index (κ1) is 17.3.